The molecule has 0 saturated carbocycles. The largest absolute Gasteiger partial charge is 0.469 e. The number of carbonyl (C=O) groups is 1. The third-order valence-corrected chi connectivity index (χ3v) is 1.47. The topological polar surface area (TPSA) is 52.3 Å². The van der Waals surface area contributed by atoms with Gasteiger partial charge in [0.1, 0.15) is 0 Å². The molecule has 0 aromatic heterocycles. The summed E-state index contributed by atoms with van der Waals surface area (Å²) in [5.74, 6) is -0.245. The second-order valence-electron chi connectivity index (χ2n) is 2.65. The Labute approximate surface area is 75.3 Å². The highest BCUT2D eigenvalue weighted by atomic mass is 16.5. The smallest absolute Gasteiger partial charge is 0.302 e. The molecule has 0 spiro atoms. The molecule has 0 bridgehead atoms. The number of esters is 1. The lowest BCUT2D eigenvalue weighted by Crippen LogP contribution is -2.17. The first-order valence-corrected chi connectivity index (χ1v) is 4.38. The molecule has 0 aromatic rings. The average molecular weight is 175 g/mol. The highest BCUT2D eigenvalue weighted by Gasteiger charge is 1.92. The van der Waals surface area contributed by atoms with Crippen LogP contribution >= 0.6 is 0 Å². The summed E-state index contributed by atoms with van der Waals surface area (Å²) in [4.78, 5) is 9.59. The highest BCUT2D eigenvalue weighted by molar-refractivity contribution is 5.65. The van der Waals surface area contributed by atoms with Crippen molar-refractivity contribution in [2.75, 3.05) is 7.11 Å². The van der Waals surface area contributed by atoms with Crippen LogP contribution in [0, 0.1) is 0 Å². The van der Waals surface area contributed by atoms with Crippen LogP contribution in [0.1, 0.15) is 40.0 Å². The van der Waals surface area contributed by atoms with E-state index in [2.05, 4.69) is 18.6 Å². The molecular weight excluding hydrogens is 154 g/mol. The van der Waals surface area contributed by atoms with Gasteiger partial charge < -0.3 is 10.5 Å². The van der Waals surface area contributed by atoms with Gasteiger partial charge in [-0.3, -0.25) is 4.79 Å². The van der Waals surface area contributed by atoms with Crippen LogP contribution in [0.25, 0.3) is 0 Å². The molecule has 2 N–H and O–H groups in total. The van der Waals surface area contributed by atoms with Gasteiger partial charge in [-0.2, -0.15) is 0 Å². The highest BCUT2D eigenvalue weighted by Crippen LogP contribution is 1.95. The van der Waals surface area contributed by atoms with E-state index in [4.69, 9.17) is 5.73 Å². The van der Waals surface area contributed by atoms with Crippen molar-refractivity contribution in [1.82, 2.24) is 0 Å². The molecule has 3 heteroatoms. The molecule has 1 unspecified atom stereocenters. The maximum absolute atomic E-state index is 9.59. The number of hydrogen-bond donors (Lipinski definition) is 1. The Balaban J connectivity index is 0. The van der Waals surface area contributed by atoms with Gasteiger partial charge >= 0.3 is 5.97 Å². The van der Waals surface area contributed by atoms with Crippen molar-refractivity contribution in [1.29, 1.82) is 0 Å². The van der Waals surface area contributed by atoms with Crippen molar-refractivity contribution in [2.45, 2.75) is 46.1 Å². The molecule has 0 saturated heterocycles. The molecule has 0 radical (unpaired) electrons. The Kier molecular flexibility index (Phi) is 12.2. The van der Waals surface area contributed by atoms with Crippen LogP contribution < -0.4 is 5.73 Å². The van der Waals surface area contributed by atoms with E-state index in [9.17, 15) is 4.79 Å². The first kappa shape index (κ1) is 14.0. The Morgan fingerprint density at radius 3 is 2.00 bits per heavy atom. The summed E-state index contributed by atoms with van der Waals surface area (Å²) in [6.07, 6.45) is 3.51. The van der Waals surface area contributed by atoms with Gasteiger partial charge in [-0.1, -0.05) is 20.3 Å². The number of rotatable bonds is 3. The molecule has 0 amide bonds. The molecule has 0 aliphatic carbocycles. The lowest BCUT2D eigenvalue weighted by molar-refractivity contribution is -0.137. The number of carbonyl (C=O) groups excluding carboxylic acids is 1. The number of ether oxygens (including phenoxy) is 1. The molecule has 74 valence electrons. The average Bonchev–Trinajstić information content (AvgIpc) is 2.06. The molecule has 0 aliphatic heterocycles. The monoisotopic (exact) mass is 175 g/mol. The van der Waals surface area contributed by atoms with E-state index in [1.807, 2.05) is 0 Å². The fourth-order valence-electron chi connectivity index (χ4n) is 0.575. The van der Waals surface area contributed by atoms with Crippen LogP contribution in [-0.2, 0) is 9.53 Å². The summed E-state index contributed by atoms with van der Waals surface area (Å²) in [6.45, 7) is 5.65. The van der Waals surface area contributed by atoms with E-state index in [-0.39, 0.29) is 5.97 Å². The lowest BCUT2D eigenvalue weighted by Gasteiger charge is -2.03. The molecule has 0 aromatic carbocycles. The summed E-state index contributed by atoms with van der Waals surface area (Å²) in [5.41, 5.74) is 5.58. The zero-order chi connectivity index (χ0) is 9.98. The minimum absolute atomic E-state index is 0.245. The van der Waals surface area contributed by atoms with E-state index >= 15 is 0 Å². The van der Waals surface area contributed by atoms with Crippen LogP contribution in [0.15, 0.2) is 0 Å². The standard InChI is InChI=1S/C6H15N.C3H6O2/c1-3-5-6(7)4-2;1-3(4)5-2/h6H,3-5,7H2,1-2H3;1-2H3. The molecule has 0 heterocycles. The molecular formula is C9H21NO2. The van der Waals surface area contributed by atoms with Gasteiger partial charge in [0.25, 0.3) is 0 Å². The molecule has 3 nitrogen and oxygen atoms in total. The van der Waals surface area contributed by atoms with Gasteiger partial charge in [-0.25, -0.2) is 0 Å². The molecule has 0 rings (SSSR count). The van der Waals surface area contributed by atoms with Crippen LogP contribution in [0.3, 0.4) is 0 Å². The first-order valence-electron chi connectivity index (χ1n) is 4.38. The van der Waals surface area contributed by atoms with Crippen molar-refractivity contribution in [3.63, 3.8) is 0 Å². The zero-order valence-corrected chi connectivity index (χ0v) is 8.59. The Hall–Kier alpha value is -0.570. The van der Waals surface area contributed by atoms with E-state index in [0.29, 0.717) is 6.04 Å². The van der Waals surface area contributed by atoms with E-state index in [1.54, 1.807) is 0 Å². The normalized spacial score (nSPS) is 11.1. The van der Waals surface area contributed by atoms with Crippen LogP contribution in [-0.4, -0.2) is 19.1 Å². The van der Waals surface area contributed by atoms with Gasteiger partial charge in [0, 0.05) is 13.0 Å². The van der Waals surface area contributed by atoms with Crippen molar-refractivity contribution < 1.29 is 9.53 Å². The summed E-state index contributed by atoms with van der Waals surface area (Å²) in [7, 11) is 1.35. The maximum Gasteiger partial charge on any atom is 0.302 e. The SMILES string of the molecule is CCCC(N)CC.COC(C)=O. The molecule has 12 heavy (non-hydrogen) atoms. The zero-order valence-electron chi connectivity index (χ0n) is 8.59. The predicted octanol–water partition coefficient (Wildman–Crippen LogP) is 1.70. The lowest BCUT2D eigenvalue weighted by atomic mass is 10.1. The van der Waals surface area contributed by atoms with Crippen LogP contribution in [0.4, 0.5) is 0 Å². The van der Waals surface area contributed by atoms with Gasteiger partial charge in [0.2, 0.25) is 0 Å². The number of hydrogen-bond acceptors (Lipinski definition) is 3. The van der Waals surface area contributed by atoms with Crippen molar-refractivity contribution >= 4 is 5.97 Å². The fourth-order valence-corrected chi connectivity index (χ4v) is 0.575. The summed E-state index contributed by atoms with van der Waals surface area (Å²) < 4.78 is 4.11. The summed E-state index contributed by atoms with van der Waals surface area (Å²) in [5, 5.41) is 0. The van der Waals surface area contributed by atoms with Crippen LogP contribution in [0.2, 0.25) is 0 Å². The molecule has 0 fully saturated rings. The van der Waals surface area contributed by atoms with E-state index in [0.717, 1.165) is 6.42 Å². The van der Waals surface area contributed by atoms with Crippen molar-refractivity contribution in [3.05, 3.63) is 0 Å². The number of methoxy groups -OCH3 is 1. The fraction of sp³-hybridized carbons (Fsp3) is 0.889. The van der Waals surface area contributed by atoms with Gasteiger partial charge in [-0.05, 0) is 12.8 Å². The van der Waals surface area contributed by atoms with Gasteiger partial charge in [0.05, 0.1) is 7.11 Å². The second-order valence-corrected chi connectivity index (χ2v) is 2.65. The van der Waals surface area contributed by atoms with E-state index < -0.39 is 0 Å². The Morgan fingerprint density at radius 2 is 1.92 bits per heavy atom. The Morgan fingerprint density at radius 1 is 1.50 bits per heavy atom. The van der Waals surface area contributed by atoms with E-state index in [1.165, 1.54) is 26.9 Å². The van der Waals surface area contributed by atoms with Crippen molar-refractivity contribution in [3.8, 4) is 0 Å². The van der Waals surface area contributed by atoms with Crippen LogP contribution in [0.5, 0.6) is 0 Å². The number of nitrogens with two attached hydrogens (primary N) is 1. The predicted molar refractivity (Wildman–Crippen MR) is 50.9 cm³/mol. The van der Waals surface area contributed by atoms with Crippen molar-refractivity contribution in [2.24, 2.45) is 5.73 Å². The second kappa shape index (κ2) is 10.4. The maximum atomic E-state index is 9.59. The molecule has 1 atom stereocenters. The minimum atomic E-state index is -0.245. The Bertz CT molecular complexity index is 105. The first-order chi connectivity index (χ1) is 5.58. The summed E-state index contributed by atoms with van der Waals surface area (Å²) >= 11 is 0. The molecule has 0 aliphatic rings. The minimum Gasteiger partial charge on any atom is -0.469 e. The summed E-state index contributed by atoms with van der Waals surface area (Å²) in [6, 6.07) is 0.449. The quantitative estimate of drug-likeness (QED) is 0.664. The third kappa shape index (κ3) is 16.2. The van der Waals surface area contributed by atoms with Gasteiger partial charge in [-0.15, -0.1) is 0 Å². The van der Waals surface area contributed by atoms with Gasteiger partial charge in [0.15, 0.2) is 0 Å². The third-order valence-electron chi connectivity index (χ3n) is 1.47.